The van der Waals surface area contributed by atoms with Gasteiger partial charge in [-0.3, -0.25) is 4.79 Å². The van der Waals surface area contributed by atoms with Gasteiger partial charge in [0.05, 0.1) is 21.5 Å². The number of rotatable bonds is 7. The third kappa shape index (κ3) is 6.37. The van der Waals surface area contributed by atoms with Gasteiger partial charge in [0.25, 0.3) is 5.91 Å². The van der Waals surface area contributed by atoms with E-state index in [4.69, 9.17) is 23.2 Å². The minimum Gasteiger partial charge on any atom is -0.302 e. The van der Waals surface area contributed by atoms with Gasteiger partial charge in [-0.1, -0.05) is 86.1 Å². The van der Waals surface area contributed by atoms with Crippen LogP contribution in [0.1, 0.15) is 45.7 Å². The van der Waals surface area contributed by atoms with Crippen LogP contribution in [0.15, 0.2) is 52.7 Å². The Balaban J connectivity index is 1.65. The van der Waals surface area contributed by atoms with E-state index in [1.807, 2.05) is 11.5 Å². The molecule has 0 bridgehead atoms. The summed E-state index contributed by atoms with van der Waals surface area (Å²) in [6, 6.07) is 13.6. The highest BCUT2D eigenvalue weighted by Gasteiger charge is 2.17. The molecule has 0 atom stereocenters. The molecule has 174 valence electrons. The van der Waals surface area contributed by atoms with E-state index >= 15 is 0 Å². The number of halogens is 2. The predicted octanol–water partition coefficient (Wildman–Crippen LogP) is 6.20. The number of nitrogens with one attached hydrogen (secondary N) is 1. The fourth-order valence-electron chi connectivity index (χ4n) is 3.11. The van der Waals surface area contributed by atoms with Gasteiger partial charge in [0.1, 0.15) is 0 Å². The number of aromatic nitrogens is 3. The molecule has 0 aliphatic heterocycles. The SMILES string of the molecule is CCn1c(SCC(=O)N/N=C(/C)c2ccc(Cl)c(Cl)c2)nnc1-c1ccc(C(C)(C)C)cc1. The van der Waals surface area contributed by atoms with Crippen LogP contribution in [-0.2, 0) is 16.8 Å². The number of thioether (sulfide) groups is 1. The Hall–Kier alpha value is -2.35. The maximum atomic E-state index is 12.3. The zero-order chi connectivity index (χ0) is 24.2. The van der Waals surface area contributed by atoms with Crippen LogP contribution >= 0.6 is 35.0 Å². The molecule has 33 heavy (non-hydrogen) atoms. The first-order valence-corrected chi connectivity index (χ1v) is 12.3. The zero-order valence-electron chi connectivity index (χ0n) is 19.3. The van der Waals surface area contributed by atoms with E-state index in [1.165, 1.54) is 17.3 Å². The summed E-state index contributed by atoms with van der Waals surface area (Å²) in [4.78, 5) is 12.3. The maximum Gasteiger partial charge on any atom is 0.250 e. The van der Waals surface area contributed by atoms with Crippen molar-refractivity contribution in [2.75, 3.05) is 5.75 Å². The number of amides is 1. The summed E-state index contributed by atoms with van der Waals surface area (Å²) in [5.41, 5.74) is 6.33. The Labute approximate surface area is 208 Å². The lowest BCUT2D eigenvalue weighted by atomic mass is 9.87. The number of hydrogen-bond donors (Lipinski definition) is 1. The van der Waals surface area contributed by atoms with Crippen molar-refractivity contribution in [2.24, 2.45) is 5.10 Å². The molecule has 0 unspecified atom stereocenters. The van der Waals surface area contributed by atoms with Crippen molar-refractivity contribution in [1.82, 2.24) is 20.2 Å². The van der Waals surface area contributed by atoms with Crippen LogP contribution in [0.5, 0.6) is 0 Å². The Kier molecular flexibility index (Phi) is 8.21. The molecule has 0 saturated carbocycles. The van der Waals surface area contributed by atoms with Crippen LogP contribution in [0.4, 0.5) is 0 Å². The highest BCUT2D eigenvalue weighted by Crippen LogP contribution is 2.28. The lowest BCUT2D eigenvalue weighted by Crippen LogP contribution is -2.21. The molecule has 0 fully saturated rings. The van der Waals surface area contributed by atoms with E-state index in [1.54, 1.807) is 25.1 Å². The normalized spacial score (nSPS) is 12.2. The minimum absolute atomic E-state index is 0.0893. The Bertz CT molecular complexity index is 1170. The lowest BCUT2D eigenvalue weighted by Gasteiger charge is -2.19. The second kappa shape index (κ2) is 10.7. The second-order valence-electron chi connectivity index (χ2n) is 8.53. The fraction of sp³-hybridized carbons (Fsp3) is 0.333. The van der Waals surface area contributed by atoms with Crippen LogP contribution in [0.3, 0.4) is 0 Å². The smallest absolute Gasteiger partial charge is 0.250 e. The van der Waals surface area contributed by atoms with Crippen LogP contribution < -0.4 is 5.43 Å². The van der Waals surface area contributed by atoms with Crippen molar-refractivity contribution in [1.29, 1.82) is 0 Å². The maximum absolute atomic E-state index is 12.3. The number of hydrogen-bond acceptors (Lipinski definition) is 5. The van der Waals surface area contributed by atoms with Crippen molar-refractivity contribution < 1.29 is 4.79 Å². The molecule has 1 aromatic heterocycles. The van der Waals surface area contributed by atoms with Gasteiger partial charge < -0.3 is 4.57 Å². The quantitative estimate of drug-likeness (QED) is 0.236. The van der Waals surface area contributed by atoms with E-state index in [-0.39, 0.29) is 17.1 Å². The molecule has 3 aromatic rings. The van der Waals surface area contributed by atoms with Crippen molar-refractivity contribution in [2.45, 2.75) is 51.7 Å². The first kappa shape index (κ1) is 25.3. The van der Waals surface area contributed by atoms with Gasteiger partial charge in [-0.2, -0.15) is 5.10 Å². The van der Waals surface area contributed by atoms with E-state index in [0.717, 1.165) is 17.0 Å². The number of carbonyl (C=O) groups excluding carboxylic acids is 1. The number of hydrazone groups is 1. The van der Waals surface area contributed by atoms with Crippen LogP contribution in [-0.4, -0.2) is 32.1 Å². The third-order valence-corrected chi connectivity index (χ3v) is 6.77. The summed E-state index contributed by atoms with van der Waals surface area (Å²) >= 11 is 13.3. The molecule has 1 N–H and O–H groups in total. The van der Waals surface area contributed by atoms with Gasteiger partial charge in [0.2, 0.25) is 0 Å². The summed E-state index contributed by atoms with van der Waals surface area (Å²) in [6.45, 7) is 11.1. The summed E-state index contributed by atoms with van der Waals surface area (Å²) in [7, 11) is 0. The molecule has 0 spiro atoms. The van der Waals surface area contributed by atoms with Crippen molar-refractivity contribution >= 4 is 46.6 Å². The average molecular weight is 504 g/mol. The standard InChI is InChI=1S/C24H27Cl2N5OS/c1-6-31-22(16-7-10-18(11-8-16)24(3,4)5)29-30-23(31)33-14-21(32)28-27-15(2)17-9-12-19(25)20(26)13-17/h7-13H,6,14H2,1-5H3,(H,28,32)/b27-15-. The average Bonchev–Trinajstić information content (AvgIpc) is 3.20. The second-order valence-corrected chi connectivity index (χ2v) is 10.3. The molecule has 1 heterocycles. The van der Waals surface area contributed by atoms with Gasteiger partial charge in [0, 0.05) is 12.1 Å². The first-order chi connectivity index (χ1) is 15.6. The summed E-state index contributed by atoms with van der Waals surface area (Å²) in [6.07, 6.45) is 0. The van der Waals surface area contributed by atoms with Gasteiger partial charge in [-0.15, -0.1) is 10.2 Å². The molecule has 0 aliphatic carbocycles. The summed E-state index contributed by atoms with van der Waals surface area (Å²) in [5.74, 6) is 0.717. The van der Waals surface area contributed by atoms with Crippen molar-refractivity contribution in [3.8, 4) is 11.4 Å². The molecular formula is C24H27Cl2N5OS. The molecule has 0 radical (unpaired) electrons. The van der Waals surface area contributed by atoms with E-state index in [9.17, 15) is 4.79 Å². The van der Waals surface area contributed by atoms with E-state index in [0.29, 0.717) is 27.5 Å². The van der Waals surface area contributed by atoms with Gasteiger partial charge in [-0.05, 0) is 42.5 Å². The molecule has 0 aliphatic rings. The fourth-order valence-corrected chi connectivity index (χ4v) is 4.20. The topological polar surface area (TPSA) is 72.2 Å². The summed E-state index contributed by atoms with van der Waals surface area (Å²) in [5, 5.41) is 14.4. The lowest BCUT2D eigenvalue weighted by molar-refractivity contribution is -0.118. The Morgan fingerprint density at radius 1 is 1.09 bits per heavy atom. The van der Waals surface area contributed by atoms with Crippen molar-refractivity contribution in [3.05, 3.63) is 63.6 Å². The number of nitrogens with zero attached hydrogens (tertiary/aromatic N) is 4. The molecule has 0 saturated heterocycles. The van der Waals surface area contributed by atoms with Crippen LogP contribution in [0.2, 0.25) is 10.0 Å². The van der Waals surface area contributed by atoms with Gasteiger partial charge >= 0.3 is 0 Å². The number of carbonyl (C=O) groups is 1. The molecular weight excluding hydrogens is 477 g/mol. The molecule has 1 amide bonds. The Morgan fingerprint density at radius 2 is 1.79 bits per heavy atom. The molecule has 3 rings (SSSR count). The number of benzene rings is 2. The highest BCUT2D eigenvalue weighted by molar-refractivity contribution is 7.99. The van der Waals surface area contributed by atoms with E-state index < -0.39 is 0 Å². The third-order valence-electron chi connectivity index (χ3n) is 5.06. The monoisotopic (exact) mass is 503 g/mol. The molecule has 9 heteroatoms. The first-order valence-electron chi connectivity index (χ1n) is 10.6. The van der Waals surface area contributed by atoms with Gasteiger partial charge in [0.15, 0.2) is 11.0 Å². The minimum atomic E-state index is -0.235. The Morgan fingerprint density at radius 3 is 2.39 bits per heavy atom. The van der Waals surface area contributed by atoms with Crippen molar-refractivity contribution in [3.63, 3.8) is 0 Å². The highest BCUT2D eigenvalue weighted by atomic mass is 35.5. The van der Waals surface area contributed by atoms with E-state index in [2.05, 4.69) is 65.8 Å². The summed E-state index contributed by atoms with van der Waals surface area (Å²) < 4.78 is 2.01. The van der Waals surface area contributed by atoms with Gasteiger partial charge in [-0.25, -0.2) is 5.43 Å². The molecule has 2 aromatic carbocycles. The van der Waals surface area contributed by atoms with Crippen LogP contribution in [0.25, 0.3) is 11.4 Å². The molecule has 6 nitrogen and oxygen atoms in total. The predicted molar refractivity (Wildman–Crippen MR) is 137 cm³/mol. The largest absolute Gasteiger partial charge is 0.302 e. The zero-order valence-corrected chi connectivity index (χ0v) is 21.6. The van der Waals surface area contributed by atoms with Crippen LogP contribution in [0, 0.1) is 0 Å².